The van der Waals surface area contributed by atoms with E-state index in [9.17, 15) is 13.5 Å². The van der Waals surface area contributed by atoms with E-state index in [-0.39, 0.29) is 11.4 Å². The second kappa shape index (κ2) is 5.82. The molecule has 4 nitrogen and oxygen atoms in total. The van der Waals surface area contributed by atoms with Crippen molar-refractivity contribution in [1.29, 1.82) is 0 Å². The van der Waals surface area contributed by atoms with Gasteiger partial charge in [-0.1, -0.05) is 31.5 Å². The van der Waals surface area contributed by atoms with Gasteiger partial charge in [0, 0.05) is 6.54 Å². The minimum atomic E-state index is -3.54. The van der Waals surface area contributed by atoms with Crippen molar-refractivity contribution in [2.75, 3.05) is 6.54 Å². The lowest BCUT2D eigenvalue weighted by Crippen LogP contribution is -2.41. The Bertz CT molecular complexity index is 475. The van der Waals surface area contributed by atoms with Gasteiger partial charge in [0.25, 0.3) is 0 Å². The van der Waals surface area contributed by atoms with Gasteiger partial charge in [-0.05, 0) is 31.9 Å². The van der Waals surface area contributed by atoms with Gasteiger partial charge in [-0.2, -0.15) is 0 Å². The van der Waals surface area contributed by atoms with Crippen LogP contribution in [0.4, 0.5) is 0 Å². The second-order valence-corrected chi connectivity index (χ2v) is 6.34. The van der Waals surface area contributed by atoms with Crippen LogP contribution in [0.15, 0.2) is 29.2 Å². The van der Waals surface area contributed by atoms with Crippen molar-refractivity contribution in [2.45, 2.75) is 44.1 Å². The lowest BCUT2D eigenvalue weighted by atomic mass is 9.98. The number of nitrogens with one attached hydrogen (secondary N) is 1. The number of hydrogen-bond donors (Lipinski definition) is 2. The lowest BCUT2D eigenvalue weighted by molar-refractivity contribution is 0.0377. The van der Waals surface area contributed by atoms with Crippen molar-refractivity contribution in [3.63, 3.8) is 0 Å². The normalized spacial score (nSPS) is 12.7. The van der Waals surface area contributed by atoms with Crippen LogP contribution in [0, 0.1) is 6.92 Å². The Kier molecular flexibility index (Phi) is 4.90. The molecular weight excluding hydrogens is 250 g/mol. The first-order chi connectivity index (χ1) is 8.33. The van der Waals surface area contributed by atoms with E-state index < -0.39 is 15.6 Å². The molecule has 0 aliphatic carbocycles. The molecule has 0 aromatic heterocycles. The molecule has 0 saturated carbocycles. The van der Waals surface area contributed by atoms with Crippen LogP contribution in [0.2, 0.25) is 0 Å². The highest BCUT2D eigenvalue weighted by molar-refractivity contribution is 7.89. The van der Waals surface area contributed by atoms with Crippen molar-refractivity contribution < 1.29 is 13.5 Å². The molecule has 0 unspecified atom stereocenters. The van der Waals surface area contributed by atoms with Gasteiger partial charge in [-0.25, -0.2) is 13.1 Å². The van der Waals surface area contributed by atoms with Crippen LogP contribution in [-0.4, -0.2) is 25.7 Å². The molecule has 102 valence electrons. The highest BCUT2D eigenvalue weighted by Gasteiger charge is 2.25. The van der Waals surface area contributed by atoms with Crippen molar-refractivity contribution in [2.24, 2.45) is 0 Å². The minimum Gasteiger partial charge on any atom is -0.389 e. The fourth-order valence-corrected chi connectivity index (χ4v) is 2.65. The summed E-state index contributed by atoms with van der Waals surface area (Å²) >= 11 is 0. The topological polar surface area (TPSA) is 66.4 Å². The molecule has 0 amide bonds. The standard InChI is InChI=1S/C13H21NO3S/c1-4-13(15,5-2)10-14-18(16,17)12-8-6-11(3)7-9-12/h6-9,14-15H,4-5,10H2,1-3H3. The van der Waals surface area contributed by atoms with Crippen LogP contribution >= 0.6 is 0 Å². The molecule has 0 bridgehead atoms. The Morgan fingerprint density at radius 2 is 1.67 bits per heavy atom. The maximum absolute atomic E-state index is 12.0. The van der Waals surface area contributed by atoms with Crippen LogP contribution in [0.1, 0.15) is 32.3 Å². The van der Waals surface area contributed by atoms with Gasteiger partial charge < -0.3 is 5.11 Å². The number of sulfonamides is 1. The van der Waals surface area contributed by atoms with E-state index in [1.807, 2.05) is 20.8 Å². The van der Waals surface area contributed by atoms with Crippen LogP contribution in [0.25, 0.3) is 0 Å². The maximum Gasteiger partial charge on any atom is 0.240 e. The molecule has 0 aliphatic heterocycles. The number of aryl methyl sites for hydroxylation is 1. The average molecular weight is 271 g/mol. The summed E-state index contributed by atoms with van der Waals surface area (Å²) in [6.45, 7) is 5.61. The van der Waals surface area contributed by atoms with E-state index in [2.05, 4.69) is 4.72 Å². The fraction of sp³-hybridized carbons (Fsp3) is 0.538. The predicted molar refractivity (Wildman–Crippen MR) is 71.9 cm³/mol. The maximum atomic E-state index is 12.0. The van der Waals surface area contributed by atoms with Crippen LogP contribution < -0.4 is 4.72 Å². The molecule has 0 spiro atoms. The smallest absolute Gasteiger partial charge is 0.240 e. The Labute approximate surface area is 109 Å². The monoisotopic (exact) mass is 271 g/mol. The molecule has 2 N–H and O–H groups in total. The summed E-state index contributed by atoms with van der Waals surface area (Å²) in [6.07, 6.45) is 1.03. The van der Waals surface area contributed by atoms with Crippen LogP contribution in [0.5, 0.6) is 0 Å². The molecule has 0 saturated heterocycles. The Balaban J connectivity index is 2.80. The summed E-state index contributed by atoms with van der Waals surface area (Å²) in [7, 11) is -3.54. The van der Waals surface area contributed by atoms with Gasteiger partial charge in [0.15, 0.2) is 0 Å². The van der Waals surface area contributed by atoms with Gasteiger partial charge in [0.1, 0.15) is 0 Å². The molecule has 5 heteroatoms. The summed E-state index contributed by atoms with van der Waals surface area (Å²) in [6, 6.07) is 6.63. The molecular formula is C13H21NO3S. The van der Waals surface area contributed by atoms with E-state index in [1.165, 1.54) is 0 Å². The zero-order valence-electron chi connectivity index (χ0n) is 11.1. The Hall–Kier alpha value is -0.910. The molecule has 1 rings (SSSR count). The molecule has 1 aromatic rings. The van der Waals surface area contributed by atoms with E-state index in [1.54, 1.807) is 24.3 Å². The molecule has 0 radical (unpaired) electrons. The first-order valence-corrected chi connectivity index (χ1v) is 7.60. The summed E-state index contributed by atoms with van der Waals surface area (Å²) in [5, 5.41) is 10.1. The first kappa shape index (κ1) is 15.1. The zero-order chi connectivity index (χ0) is 13.8. The van der Waals surface area contributed by atoms with E-state index in [4.69, 9.17) is 0 Å². The Morgan fingerprint density at radius 1 is 1.17 bits per heavy atom. The minimum absolute atomic E-state index is 0.0379. The first-order valence-electron chi connectivity index (χ1n) is 6.11. The second-order valence-electron chi connectivity index (χ2n) is 4.57. The van der Waals surface area contributed by atoms with Crippen molar-refractivity contribution in [1.82, 2.24) is 4.72 Å². The Morgan fingerprint density at radius 3 is 2.11 bits per heavy atom. The average Bonchev–Trinajstić information content (AvgIpc) is 2.37. The van der Waals surface area contributed by atoms with Gasteiger partial charge in [-0.15, -0.1) is 0 Å². The molecule has 18 heavy (non-hydrogen) atoms. The van der Waals surface area contributed by atoms with E-state index in [0.717, 1.165) is 5.56 Å². The number of benzene rings is 1. The quantitative estimate of drug-likeness (QED) is 0.829. The highest BCUT2D eigenvalue weighted by Crippen LogP contribution is 2.15. The fourth-order valence-electron chi connectivity index (χ4n) is 1.53. The summed E-state index contributed by atoms with van der Waals surface area (Å²) in [4.78, 5) is 0.225. The summed E-state index contributed by atoms with van der Waals surface area (Å²) in [5.74, 6) is 0. The van der Waals surface area contributed by atoms with Crippen LogP contribution in [-0.2, 0) is 10.0 Å². The van der Waals surface area contributed by atoms with Crippen molar-refractivity contribution in [3.05, 3.63) is 29.8 Å². The van der Waals surface area contributed by atoms with Crippen LogP contribution in [0.3, 0.4) is 0 Å². The summed E-state index contributed by atoms with van der Waals surface area (Å²) in [5.41, 5.74) is 0.0326. The third kappa shape index (κ3) is 3.80. The van der Waals surface area contributed by atoms with Gasteiger partial charge in [0.05, 0.1) is 10.5 Å². The third-order valence-electron chi connectivity index (χ3n) is 3.24. The van der Waals surface area contributed by atoms with E-state index >= 15 is 0 Å². The van der Waals surface area contributed by atoms with Crippen molar-refractivity contribution in [3.8, 4) is 0 Å². The largest absolute Gasteiger partial charge is 0.389 e. The predicted octanol–water partition coefficient (Wildman–Crippen LogP) is 1.82. The molecule has 1 aromatic carbocycles. The summed E-state index contributed by atoms with van der Waals surface area (Å²) < 4.78 is 26.5. The molecule has 0 atom stereocenters. The number of aliphatic hydroxyl groups is 1. The molecule has 0 heterocycles. The highest BCUT2D eigenvalue weighted by atomic mass is 32.2. The van der Waals surface area contributed by atoms with Gasteiger partial charge in [-0.3, -0.25) is 0 Å². The SMILES string of the molecule is CCC(O)(CC)CNS(=O)(=O)c1ccc(C)cc1. The lowest BCUT2D eigenvalue weighted by Gasteiger charge is -2.25. The third-order valence-corrected chi connectivity index (χ3v) is 4.66. The molecule has 0 fully saturated rings. The molecule has 0 aliphatic rings. The number of hydrogen-bond acceptors (Lipinski definition) is 3. The van der Waals surface area contributed by atoms with Crippen molar-refractivity contribution >= 4 is 10.0 Å². The van der Waals surface area contributed by atoms with Gasteiger partial charge in [0.2, 0.25) is 10.0 Å². The number of rotatable bonds is 6. The zero-order valence-corrected chi connectivity index (χ0v) is 11.9. The van der Waals surface area contributed by atoms with Gasteiger partial charge >= 0.3 is 0 Å². The van der Waals surface area contributed by atoms with E-state index in [0.29, 0.717) is 12.8 Å².